The van der Waals surface area contributed by atoms with Gasteiger partial charge in [0.1, 0.15) is 11.4 Å². The first kappa shape index (κ1) is 12.4. The lowest BCUT2D eigenvalue weighted by Gasteiger charge is -2.24. The zero-order valence-electron chi connectivity index (χ0n) is 9.49. The molecule has 0 atom stereocenters. The lowest BCUT2D eigenvalue weighted by molar-refractivity contribution is -0.152. The predicted molar refractivity (Wildman–Crippen MR) is 56.6 cm³/mol. The second-order valence-corrected chi connectivity index (χ2v) is 3.84. The molecule has 1 heterocycles. The van der Waals surface area contributed by atoms with Gasteiger partial charge < -0.3 is 4.74 Å². The molecule has 0 saturated carbocycles. The third kappa shape index (κ3) is 2.29. The Kier molecular flexibility index (Phi) is 3.47. The molecule has 0 unspecified atom stereocenters. The maximum absolute atomic E-state index is 13.0. The molecule has 4 nitrogen and oxygen atoms in total. The number of pyridine rings is 1. The van der Waals surface area contributed by atoms with Gasteiger partial charge in [0.2, 0.25) is 0 Å². The summed E-state index contributed by atoms with van der Waals surface area (Å²) in [5.74, 6) is -1.14. The molecule has 88 valence electrons. The summed E-state index contributed by atoms with van der Waals surface area (Å²) in [6.07, 6.45) is 0.999. The van der Waals surface area contributed by atoms with Crippen molar-refractivity contribution in [2.45, 2.75) is 26.3 Å². The van der Waals surface area contributed by atoms with Crippen LogP contribution in [0.2, 0.25) is 0 Å². The van der Waals surface area contributed by atoms with Crippen molar-refractivity contribution in [1.82, 2.24) is 4.57 Å². The van der Waals surface area contributed by atoms with Crippen molar-refractivity contribution in [2.75, 3.05) is 6.61 Å². The van der Waals surface area contributed by atoms with Crippen LogP contribution >= 0.6 is 0 Å². The summed E-state index contributed by atoms with van der Waals surface area (Å²) < 4.78 is 18.9. The van der Waals surface area contributed by atoms with Crippen molar-refractivity contribution in [2.24, 2.45) is 0 Å². The molecule has 1 aromatic heterocycles. The Balaban J connectivity index is 3.20. The van der Waals surface area contributed by atoms with Gasteiger partial charge in [0.25, 0.3) is 5.56 Å². The highest BCUT2D eigenvalue weighted by Crippen LogP contribution is 2.15. The van der Waals surface area contributed by atoms with Crippen LogP contribution in [0.5, 0.6) is 0 Å². The van der Waals surface area contributed by atoms with Crippen molar-refractivity contribution in [1.29, 1.82) is 0 Å². The number of ether oxygens (including phenoxy) is 1. The molecule has 0 fully saturated rings. The molecular formula is C11H14FNO3. The average Bonchev–Trinajstić information content (AvgIpc) is 2.22. The van der Waals surface area contributed by atoms with Gasteiger partial charge in [0.05, 0.1) is 6.61 Å². The summed E-state index contributed by atoms with van der Waals surface area (Å²) in [4.78, 5) is 23.1. The van der Waals surface area contributed by atoms with Gasteiger partial charge in [-0.1, -0.05) is 0 Å². The summed E-state index contributed by atoms with van der Waals surface area (Å²) >= 11 is 0. The Labute approximate surface area is 92.7 Å². The van der Waals surface area contributed by atoms with Gasteiger partial charge in [-0.15, -0.1) is 0 Å². The Bertz CT molecular complexity index is 451. The van der Waals surface area contributed by atoms with E-state index in [-0.39, 0.29) is 6.61 Å². The smallest absolute Gasteiger partial charge is 0.331 e. The Morgan fingerprint density at radius 2 is 2.12 bits per heavy atom. The fourth-order valence-corrected chi connectivity index (χ4v) is 1.30. The quantitative estimate of drug-likeness (QED) is 0.731. The third-order valence-corrected chi connectivity index (χ3v) is 2.25. The normalized spacial score (nSPS) is 11.2. The largest absolute Gasteiger partial charge is 0.464 e. The maximum atomic E-state index is 13.0. The number of aromatic nitrogens is 1. The first-order chi connectivity index (χ1) is 7.39. The summed E-state index contributed by atoms with van der Waals surface area (Å²) in [5, 5.41) is 0. The Morgan fingerprint density at radius 3 is 2.69 bits per heavy atom. The molecule has 5 heteroatoms. The molecule has 0 bridgehead atoms. The molecule has 0 aliphatic heterocycles. The third-order valence-electron chi connectivity index (χ3n) is 2.25. The standard InChI is InChI=1S/C11H14FNO3/c1-4-16-10(15)11(2,3)13-7-8(12)5-6-9(13)14/h5-7H,4H2,1-3H3. The molecule has 0 amide bonds. The second kappa shape index (κ2) is 4.47. The van der Waals surface area contributed by atoms with Crippen molar-refractivity contribution >= 4 is 5.97 Å². The summed E-state index contributed by atoms with van der Waals surface area (Å²) in [6, 6.07) is 2.14. The van der Waals surface area contributed by atoms with Crippen molar-refractivity contribution < 1.29 is 13.9 Å². The molecule has 0 aromatic carbocycles. The van der Waals surface area contributed by atoms with E-state index in [0.717, 1.165) is 22.9 Å². The van der Waals surface area contributed by atoms with E-state index in [2.05, 4.69) is 0 Å². The van der Waals surface area contributed by atoms with Crippen LogP contribution in [-0.2, 0) is 15.1 Å². The van der Waals surface area contributed by atoms with E-state index < -0.39 is 22.9 Å². The minimum atomic E-state index is -1.21. The van der Waals surface area contributed by atoms with Gasteiger partial charge in [-0.2, -0.15) is 0 Å². The fourth-order valence-electron chi connectivity index (χ4n) is 1.30. The molecule has 0 radical (unpaired) electrons. The minimum Gasteiger partial charge on any atom is -0.464 e. The van der Waals surface area contributed by atoms with E-state index in [4.69, 9.17) is 4.74 Å². The lowest BCUT2D eigenvalue weighted by Crippen LogP contribution is -2.43. The van der Waals surface area contributed by atoms with Crippen LogP contribution < -0.4 is 5.56 Å². The average molecular weight is 227 g/mol. The number of esters is 1. The highest BCUT2D eigenvalue weighted by molar-refractivity contribution is 5.77. The van der Waals surface area contributed by atoms with Crippen molar-refractivity contribution in [3.8, 4) is 0 Å². The van der Waals surface area contributed by atoms with Crippen molar-refractivity contribution in [3.63, 3.8) is 0 Å². The highest BCUT2D eigenvalue weighted by atomic mass is 19.1. The monoisotopic (exact) mass is 227 g/mol. The number of rotatable bonds is 3. The maximum Gasteiger partial charge on any atom is 0.331 e. The van der Waals surface area contributed by atoms with Gasteiger partial charge in [-0.3, -0.25) is 9.36 Å². The molecule has 0 aliphatic carbocycles. The predicted octanol–water partition coefficient (Wildman–Crippen LogP) is 1.29. The lowest BCUT2D eigenvalue weighted by atomic mass is 10.1. The van der Waals surface area contributed by atoms with Gasteiger partial charge in [0, 0.05) is 12.3 Å². The SMILES string of the molecule is CCOC(=O)C(C)(C)n1cc(F)ccc1=O. The van der Waals surface area contributed by atoms with E-state index in [1.54, 1.807) is 6.92 Å². The first-order valence-electron chi connectivity index (χ1n) is 4.95. The van der Waals surface area contributed by atoms with E-state index >= 15 is 0 Å². The van der Waals surface area contributed by atoms with Crippen LogP contribution in [0, 0.1) is 5.82 Å². The van der Waals surface area contributed by atoms with Crippen LogP contribution in [0.1, 0.15) is 20.8 Å². The van der Waals surface area contributed by atoms with Gasteiger partial charge in [0.15, 0.2) is 0 Å². The number of hydrogen-bond donors (Lipinski definition) is 0. The van der Waals surface area contributed by atoms with Crippen LogP contribution in [0.3, 0.4) is 0 Å². The summed E-state index contributed by atoms with van der Waals surface area (Å²) in [7, 11) is 0. The van der Waals surface area contributed by atoms with Crippen LogP contribution in [-0.4, -0.2) is 17.1 Å². The molecule has 0 spiro atoms. The number of carbonyl (C=O) groups is 1. The van der Waals surface area contributed by atoms with Crippen molar-refractivity contribution in [3.05, 3.63) is 34.5 Å². The number of carbonyl (C=O) groups excluding carboxylic acids is 1. The first-order valence-corrected chi connectivity index (χ1v) is 4.95. The molecule has 1 rings (SSSR count). The molecular weight excluding hydrogens is 213 g/mol. The fraction of sp³-hybridized carbons (Fsp3) is 0.455. The summed E-state index contributed by atoms with van der Waals surface area (Å²) in [6.45, 7) is 4.90. The zero-order chi connectivity index (χ0) is 12.3. The number of nitrogens with zero attached hydrogens (tertiary/aromatic N) is 1. The molecule has 16 heavy (non-hydrogen) atoms. The number of hydrogen-bond acceptors (Lipinski definition) is 3. The Hall–Kier alpha value is -1.65. The van der Waals surface area contributed by atoms with E-state index in [9.17, 15) is 14.0 Å². The second-order valence-electron chi connectivity index (χ2n) is 3.84. The van der Waals surface area contributed by atoms with Crippen LogP contribution in [0.15, 0.2) is 23.1 Å². The molecule has 0 aliphatic rings. The zero-order valence-corrected chi connectivity index (χ0v) is 9.49. The van der Waals surface area contributed by atoms with Crippen LogP contribution in [0.4, 0.5) is 4.39 Å². The van der Waals surface area contributed by atoms with E-state index in [1.165, 1.54) is 13.8 Å². The highest BCUT2D eigenvalue weighted by Gasteiger charge is 2.32. The molecule has 0 saturated heterocycles. The van der Waals surface area contributed by atoms with Gasteiger partial charge in [-0.25, -0.2) is 9.18 Å². The summed E-state index contributed by atoms with van der Waals surface area (Å²) in [5.41, 5.74) is -1.66. The Morgan fingerprint density at radius 1 is 1.50 bits per heavy atom. The van der Waals surface area contributed by atoms with Gasteiger partial charge >= 0.3 is 5.97 Å². The molecule has 1 aromatic rings. The topological polar surface area (TPSA) is 48.3 Å². The number of halogens is 1. The van der Waals surface area contributed by atoms with E-state index in [1.807, 2.05) is 0 Å². The van der Waals surface area contributed by atoms with E-state index in [0.29, 0.717) is 0 Å². The van der Waals surface area contributed by atoms with Crippen LogP contribution in [0.25, 0.3) is 0 Å². The minimum absolute atomic E-state index is 0.215. The van der Waals surface area contributed by atoms with Gasteiger partial charge in [-0.05, 0) is 26.8 Å². The molecule has 0 N–H and O–H groups in total.